The van der Waals surface area contributed by atoms with Crippen molar-refractivity contribution >= 4 is 23.4 Å². The number of aliphatic hydroxyl groups excluding tert-OH is 1. The van der Waals surface area contributed by atoms with Gasteiger partial charge < -0.3 is 20.5 Å². The van der Waals surface area contributed by atoms with Gasteiger partial charge in [0.2, 0.25) is 5.91 Å². The van der Waals surface area contributed by atoms with E-state index in [2.05, 4.69) is 20.4 Å². The van der Waals surface area contributed by atoms with Crippen molar-refractivity contribution in [3.05, 3.63) is 47.7 Å². The highest BCUT2D eigenvalue weighted by Crippen LogP contribution is 2.30. The summed E-state index contributed by atoms with van der Waals surface area (Å²) in [4.78, 5) is 30.5. The predicted molar refractivity (Wildman–Crippen MR) is 110 cm³/mol. The summed E-state index contributed by atoms with van der Waals surface area (Å²) < 4.78 is 41.1. The number of carbonyl (C=O) groups is 2. The number of hydrogen-bond donors (Lipinski definition) is 3. The van der Waals surface area contributed by atoms with Crippen LogP contribution in [0.1, 0.15) is 36.9 Å². The van der Waals surface area contributed by atoms with E-state index in [1.54, 1.807) is 19.2 Å². The molecule has 32 heavy (non-hydrogen) atoms. The zero-order valence-electron chi connectivity index (χ0n) is 17.4. The SMILES string of the molecule is CCCC(O)C(NC(=O)N1CC(=O)Nc2cc(C)cnc21)c1ccc(OC(F)(F)F)cc1. The van der Waals surface area contributed by atoms with Crippen LogP contribution in [0.4, 0.5) is 29.5 Å². The minimum absolute atomic E-state index is 0.255. The van der Waals surface area contributed by atoms with Gasteiger partial charge in [-0.3, -0.25) is 9.69 Å². The summed E-state index contributed by atoms with van der Waals surface area (Å²) in [6, 6.07) is 4.97. The minimum Gasteiger partial charge on any atom is -0.406 e. The third kappa shape index (κ3) is 5.67. The molecule has 172 valence electrons. The first-order chi connectivity index (χ1) is 15.1. The maximum absolute atomic E-state index is 13.0. The van der Waals surface area contributed by atoms with Crippen molar-refractivity contribution < 1.29 is 32.6 Å². The summed E-state index contributed by atoms with van der Waals surface area (Å²) in [6.45, 7) is 3.37. The Balaban J connectivity index is 1.85. The van der Waals surface area contributed by atoms with Crippen molar-refractivity contribution in [2.45, 2.75) is 45.2 Å². The molecule has 2 atom stereocenters. The molecule has 3 amide bonds. The summed E-state index contributed by atoms with van der Waals surface area (Å²) in [6.07, 6.45) is -3.34. The van der Waals surface area contributed by atoms with Gasteiger partial charge >= 0.3 is 12.4 Å². The number of nitrogens with zero attached hydrogens (tertiary/aromatic N) is 2. The highest BCUT2D eigenvalue weighted by Gasteiger charge is 2.33. The van der Waals surface area contributed by atoms with Crippen LogP contribution in [0.3, 0.4) is 0 Å². The number of aryl methyl sites for hydroxylation is 1. The Morgan fingerprint density at radius 3 is 2.66 bits per heavy atom. The molecule has 1 aliphatic heterocycles. The summed E-state index contributed by atoms with van der Waals surface area (Å²) in [5.41, 5.74) is 1.56. The number of nitrogens with one attached hydrogen (secondary N) is 2. The molecule has 0 saturated carbocycles. The fraction of sp³-hybridized carbons (Fsp3) is 0.381. The summed E-state index contributed by atoms with van der Waals surface area (Å²) in [5.74, 6) is -0.567. The number of rotatable bonds is 6. The topological polar surface area (TPSA) is 104 Å². The van der Waals surface area contributed by atoms with Crippen molar-refractivity contribution in [1.29, 1.82) is 0 Å². The Hall–Kier alpha value is -3.34. The van der Waals surface area contributed by atoms with Crippen molar-refractivity contribution in [3.8, 4) is 5.75 Å². The lowest BCUT2D eigenvalue weighted by Gasteiger charge is -2.31. The molecule has 0 fully saturated rings. The molecule has 0 spiro atoms. The van der Waals surface area contributed by atoms with Gasteiger partial charge in [0.15, 0.2) is 5.82 Å². The Morgan fingerprint density at radius 2 is 2.03 bits per heavy atom. The van der Waals surface area contributed by atoms with Gasteiger partial charge in [0.1, 0.15) is 12.3 Å². The van der Waals surface area contributed by atoms with E-state index in [9.17, 15) is 27.9 Å². The number of carbonyl (C=O) groups excluding carboxylic acids is 2. The first-order valence-electron chi connectivity index (χ1n) is 9.95. The van der Waals surface area contributed by atoms with E-state index in [1.165, 1.54) is 12.1 Å². The third-order valence-electron chi connectivity index (χ3n) is 4.80. The monoisotopic (exact) mass is 452 g/mol. The average Bonchev–Trinajstić information content (AvgIpc) is 2.70. The van der Waals surface area contributed by atoms with Crippen LogP contribution < -0.4 is 20.3 Å². The van der Waals surface area contributed by atoms with Crippen LogP contribution in [-0.2, 0) is 4.79 Å². The molecule has 1 aromatic heterocycles. The molecule has 2 unspecified atom stereocenters. The van der Waals surface area contributed by atoms with Crippen LogP contribution >= 0.6 is 0 Å². The van der Waals surface area contributed by atoms with E-state index in [-0.39, 0.29) is 12.4 Å². The number of ether oxygens (including phenoxy) is 1. The van der Waals surface area contributed by atoms with Gasteiger partial charge in [-0.05, 0) is 42.7 Å². The second kappa shape index (κ2) is 9.43. The van der Waals surface area contributed by atoms with E-state index in [1.807, 2.05) is 6.92 Å². The molecule has 0 aliphatic carbocycles. The van der Waals surface area contributed by atoms with Crippen LogP contribution in [0.15, 0.2) is 36.5 Å². The maximum atomic E-state index is 13.0. The fourth-order valence-corrected chi connectivity index (χ4v) is 3.40. The van der Waals surface area contributed by atoms with E-state index < -0.39 is 36.2 Å². The molecule has 0 radical (unpaired) electrons. The number of alkyl halides is 3. The van der Waals surface area contributed by atoms with Gasteiger partial charge in [-0.1, -0.05) is 25.5 Å². The quantitative estimate of drug-likeness (QED) is 0.621. The molecule has 1 aromatic carbocycles. The molecule has 0 saturated heterocycles. The number of aromatic nitrogens is 1. The standard InChI is InChI=1S/C21H23F3N4O4/c1-3-4-16(29)18(13-5-7-14(8-6-13)32-21(22,23)24)27-20(31)28-11-17(30)26-15-9-12(2)10-25-19(15)28/h5-10,16,18,29H,3-4,11H2,1-2H3,(H,26,30)(H,27,31). The molecule has 0 bridgehead atoms. The van der Waals surface area contributed by atoms with Gasteiger partial charge in [-0.2, -0.15) is 0 Å². The Bertz CT molecular complexity index is 982. The number of amides is 3. The number of hydrogen-bond acceptors (Lipinski definition) is 5. The highest BCUT2D eigenvalue weighted by atomic mass is 19.4. The van der Waals surface area contributed by atoms with Crippen LogP contribution in [0.5, 0.6) is 5.75 Å². The first kappa shape index (κ1) is 23.3. The minimum atomic E-state index is -4.83. The Morgan fingerprint density at radius 1 is 1.34 bits per heavy atom. The lowest BCUT2D eigenvalue weighted by molar-refractivity contribution is -0.274. The number of urea groups is 1. The van der Waals surface area contributed by atoms with Crippen molar-refractivity contribution in [2.24, 2.45) is 0 Å². The predicted octanol–water partition coefficient (Wildman–Crippen LogP) is 3.66. The number of benzene rings is 1. The number of anilines is 2. The third-order valence-corrected chi connectivity index (χ3v) is 4.80. The van der Waals surface area contributed by atoms with Gasteiger partial charge in [0.25, 0.3) is 0 Å². The summed E-state index contributed by atoms with van der Waals surface area (Å²) >= 11 is 0. The van der Waals surface area contributed by atoms with E-state index >= 15 is 0 Å². The zero-order chi connectivity index (χ0) is 23.5. The Labute approximate surface area is 182 Å². The lowest BCUT2D eigenvalue weighted by Crippen LogP contribution is -2.50. The normalized spacial score (nSPS) is 15.4. The molecule has 2 aromatic rings. The fourth-order valence-electron chi connectivity index (χ4n) is 3.40. The molecule has 1 aliphatic rings. The molecule has 8 nitrogen and oxygen atoms in total. The number of fused-ring (bicyclic) bond motifs is 1. The maximum Gasteiger partial charge on any atom is 0.573 e. The van der Waals surface area contributed by atoms with Gasteiger partial charge in [0, 0.05) is 6.20 Å². The van der Waals surface area contributed by atoms with Gasteiger partial charge in [-0.25, -0.2) is 9.78 Å². The molecular weight excluding hydrogens is 429 g/mol. The van der Waals surface area contributed by atoms with Crippen LogP contribution in [0, 0.1) is 6.92 Å². The van der Waals surface area contributed by atoms with Crippen LogP contribution in [-0.4, -0.2) is 41.0 Å². The van der Waals surface area contributed by atoms with Crippen molar-refractivity contribution in [3.63, 3.8) is 0 Å². The number of aliphatic hydroxyl groups is 1. The van der Waals surface area contributed by atoms with Crippen LogP contribution in [0.25, 0.3) is 0 Å². The second-order valence-electron chi connectivity index (χ2n) is 7.42. The van der Waals surface area contributed by atoms with Crippen molar-refractivity contribution in [2.75, 3.05) is 16.8 Å². The molecular formula is C21H23F3N4O4. The summed E-state index contributed by atoms with van der Waals surface area (Å²) in [7, 11) is 0. The highest BCUT2D eigenvalue weighted by molar-refractivity contribution is 6.08. The smallest absolute Gasteiger partial charge is 0.406 e. The molecule has 3 rings (SSSR count). The second-order valence-corrected chi connectivity index (χ2v) is 7.42. The van der Waals surface area contributed by atoms with E-state index in [4.69, 9.17) is 0 Å². The van der Waals surface area contributed by atoms with E-state index in [0.29, 0.717) is 24.1 Å². The molecule has 2 heterocycles. The van der Waals surface area contributed by atoms with Gasteiger partial charge in [-0.15, -0.1) is 13.2 Å². The largest absolute Gasteiger partial charge is 0.573 e. The Kier molecular flexibility index (Phi) is 6.87. The van der Waals surface area contributed by atoms with Crippen LogP contribution in [0.2, 0.25) is 0 Å². The molecule has 11 heteroatoms. The lowest BCUT2D eigenvalue weighted by atomic mass is 9.98. The van der Waals surface area contributed by atoms with Gasteiger partial charge in [0.05, 0.1) is 17.8 Å². The number of pyridine rings is 1. The average molecular weight is 452 g/mol. The number of halogens is 3. The summed E-state index contributed by atoms with van der Waals surface area (Å²) in [5, 5.41) is 16.0. The van der Waals surface area contributed by atoms with E-state index in [0.717, 1.165) is 22.6 Å². The zero-order valence-corrected chi connectivity index (χ0v) is 17.4. The first-order valence-corrected chi connectivity index (χ1v) is 9.95. The van der Waals surface area contributed by atoms with Crippen molar-refractivity contribution in [1.82, 2.24) is 10.3 Å². The molecule has 3 N–H and O–H groups in total.